The Bertz CT molecular complexity index is 535. The third kappa shape index (κ3) is 4.74. The van der Waals surface area contributed by atoms with E-state index in [0.717, 1.165) is 19.3 Å². The first kappa shape index (κ1) is 15.3. The summed E-state index contributed by atoms with van der Waals surface area (Å²) in [5.41, 5.74) is 1.30. The van der Waals surface area contributed by atoms with Crippen LogP contribution in [0.15, 0.2) is 47.2 Å². The normalized spacial score (nSPS) is 12.3. The summed E-state index contributed by atoms with van der Waals surface area (Å²) in [5.74, 6) is 0.562. The van der Waals surface area contributed by atoms with Gasteiger partial charge in [0.25, 0.3) is 0 Å². The van der Waals surface area contributed by atoms with Gasteiger partial charge in [-0.2, -0.15) is 0 Å². The molecule has 0 spiro atoms. The fourth-order valence-corrected chi connectivity index (χ4v) is 2.16. The minimum Gasteiger partial charge on any atom is -0.447 e. The zero-order chi connectivity index (χ0) is 15.1. The summed E-state index contributed by atoms with van der Waals surface area (Å²) in [4.78, 5) is 16.1. The summed E-state index contributed by atoms with van der Waals surface area (Å²) in [6.07, 6.45) is 5.92. The van der Waals surface area contributed by atoms with Crippen LogP contribution in [-0.2, 0) is 11.2 Å². The predicted molar refractivity (Wildman–Crippen MR) is 81.6 cm³/mol. The molecule has 4 heteroatoms. The Balaban J connectivity index is 1.92. The maximum absolute atomic E-state index is 11.9. The first-order valence-corrected chi connectivity index (χ1v) is 7.40. The number of oxazole rings is 1. The number of rotatable bonds is 7. The van der Waals surface area contributed by atoms with Gasteiger partial charge < -0.3 is 9.73 Å². The number of aromatic nitrogens is 1. The van der Waals surface area contributed by atoms with Crippen LogP contribution in [0.1, 0.15) is 44.2 Å². The molecular formula is C17H22N2O2. The molecule has 21 heavy (non-hydrogen) atoms. The molecule has 1 aromatic heterocycles. The first-order chi connectivity index (χ1) is 10.2. The van der Waals surface area contributed by atoms with Crippen molar-refractivity contribution in [3.05, 3.63) is 54.2 Å². The van der Waals surface area contributed by atoms with E-state index in [9.17, 15) is 4.79 Å². The number of benzene rings is 1. The second kappa shape index (κ2) is 7.62. The number of hydrogen-bond acceptors (Lipinski definition) is 3. The number of carbonyl (C=O) groups is 1. The van der Waals surface area contributed by atoms with Crippen LogP contribution < -0.4 is 5.32 Å². The van der Waals surface area contributed by atoms with Crippen LogP contribution in [0, 0.1) is 5.92 Å². The van der Waals surface area contributed by atoms with Crippen LogP contribution in [0.2, 0.25) is 0 Å². The summed E-state index contributed by atoms with van der Waals surface area (Å²) in [6, 6.07) is 10.2. The van der Waals surface area contributed by atoms with Crippen LogP contribution in [0.25, 0.3) is 0 Å². The van der Waals surface area contributed by atoms with E-state index in [2.05, 4.69) is 22.4 Å². The third-order valence-electron chi connectivity index (χ3n) is 3.39. The minimum absolute atomic E-state index is 0.0258. The fourth-order valence-electron chi connectivity index (χ4n) is 2.16. The van der Waals surface area contributed by atoms with Gasteiger partial charge in [0.15, 0.2) is 0 Å². The summed E-state index contributed by atoms with van der Waals surface area (Å²) < 4.78 is 5.35. The molecule has 0 saturated carbocycles. The molecule has 0 aliphatic carbocycles. The molecule has 0 saturated heterocycles. The molecule has 1 heterocycles. The number of nitrogens with one attached hydrogen (secondary N) is 1. The molecule has 0 radical (unpaired) electrons. The topological polar surface area (TPSA) is 55.1 Å². The molecule has 2 rings (SSSR count). The smallest absolute Gasteiger partial charge is 0.223 e. The molecule has 1 amide bonds. The van der Waals surface area contributed by atoms with E-state index in [1.54, 1.807) is 12.5 Å². The van der Waals surface area contributed by atoms with Gasteiger partial charge in [-0.1, -0.05) is 44.2 Å². The van der Waals surface area contributed by atoms with E-state index in [1.165, 1.54) is 5.56 Å². The zero-order valence-electron chi connectivity index (χ0n) is 12.6. The number of carbonyl (C=O) groups excluding carboxylic acids is 1. The highest BCUT2D eigenvalue weighted by atomic mass is 16.3. The van der Waals surface area contributed by atoms with Crippen molar-refractivity contribution in [3.8, 4) is 0 Å². The average molecular weight is 286 g/mol. The quantitative estimate of drug-likeness (QED) is 0.847. The molecule has 1 aromatic carbocycles. The predicted octanol–water partition coefficient (Wildman–Crippen LogP) is 3.51. The van der Waals surface area contributed by atoms with E-state index < -0.39 is 0 Å². The Kier molecular flexibility index (Phi) is 5.55. The third-order valence-corrected chi connectivity index (χ3v) is 3.39. The van der Waals surface area contributed by atoms with Crippen LogP contribution in [0.4, 0.5) is 0 Å². The zero-order valence-corrected chi connectivity index (χ0v) is 12.6. The van der Waals surface area contributed by atoms with Crippen LogP contribution in [0.5, 0.6) is 0 Å². The van der Waals surface area contributed by atoms with Crippen molar-refractivity contribution >= 4 is 5.91 Å². The summed E-state index contributed by atoms with van der Waals surface area (Å²) in [7, 11) is 0. The van der Waals surface area contributed by atoms with Gasteiger partial charge in [0, 0.05) is 5.92 Å². The van der Waals surface area contributed by atoms with Crippen molar-refractivity contribution in [2.24, 2.45) is 5.92 Å². The van der Waals surface area contributed by atoms with Gasteiger partial charge in [-0.05, 0) is 24.8 Å². The highest BCUT2D eigenvalue weighted by Gasteiger charge is 2.19. The maximum atomic E-state index is 11.9. The van der Waals surface area contributed by atoms with Gasteiger partial charge in [-0.25, -0.2) is 4.98 Å². The molecule has 0 fully saturated rings. The van der Waals surface area contributed by atoms with Gasteiger partial charge >= 0.3 is 0 Å². The van der Waals surface area contributed by atoms with Crippen LogP contribution in [-0.4, -0.2) is 10.9 Å². The standard InChI is InChI=1S/C17H22N2O2/c1-13(2)16(20)19-15(17-18-11-12-21-17)10-6-9-14-7-4-3-5-8-14/h3-5,7-8,11-13,15H,6,9-10H2,1-2H3,(H,19,20). The number of hydrogen-bond donors (Lipinski definition) is 1. The van der Waals surface area contributed by atoms with Crippen LogP contribution >= 0.6 is 0 Å². The molecule has 1 atom stereocenters. The van der Waals surface area contributed by atoms with Crippen molar-refractivity contribution in [2.45, 2.75) is 39.2 Å². The molecule has 0 aliphatic rings. The first-order valence-electron chi connectivity index (χ1n) is 7.40. The van der Waals surface area contributed by atoms with Gasteiger partial charge in [0.05, 0.1) is 6.20 Å². The lowest BCUT2D eigenvalue weighted by atomic mass is 10.0. The summed E-state index contributed by atoms with van der Waals surface area (Å²) in [6.45, 7) is 3.76. The van der Waals surface area contributed by atoms with E-state index >= 15 is 0 Å². The van der Waals surface area contributed by atoms with Crippen molar-refractivity contribution in [2.75, 3.05) is 0 Å². The highest BCUT2D eigenvalue weighted by Crippen LogP contribution is 2.19. The summed E-state index contributed by atoms with van der Waals surface area (Å²) in [5, 5.41) is 3.01. The van der Waals surface area contributed by atoms with Crippen molar-refractivity contribution in [1.29, 1.82) is 0 Å². The lowest BCUT2D eigenvalue weighted by molar-refractivity contribution is -0.125. The average Bonchev–Trinajstić information content (AvgIpc) is 3.01. The van der Waals surface area contributed by atoms with Crippen molar-refractivity contribution in [3.63, 3.8) is 0 Å². The van der Waals surface area contributed by atoms with Gasteiger partial charge in [-0.15, -0.1) is 0 Å². The lowest BCUT2D eigenvalue weighted by Crippen LogP contribution is -2.32. The van der Waals surface area contributed by atoms with E-state index in [1.807, 2.05) is 32.0 Å². The molecular weight excluding hydrogens is 264 g/mol. The highest BCUT2D eigenvalue weighted by molar-refractivity contribution is 5.78. The monoisotopic (exact) mass is 286 g/mol. The maximum Gasteiger partial charge on any atom is 0.223 e. The molecule has 112 valence electrons. The molecule has 1 N–H and O–H groups in total. The van der Waals surface area contributed by atoms with Gasteiger partial charge in [0.2, 0.25) is 11.8 Å². The lowest BCUT2D eigenvalue weighted by Gasteiger charge is -2.17. The van der Waals surface area contributed by atoms with E-state index in [0.29, 0.717) is 5.89 Å². The number of aryl methyl sites for hydroxylation is 1. The number of amides is 1. The fraction of sp³-hybridized carbons (Fsp3) is 0.412. The van der Waals surface area contributed by atoms with E-state index in [4.69, 9.17) is 4.42 Å². The molecule has 0 aliphatic heterocycles. The molecule has 0 bridgehead atoms. The Morgan fingerprint density at radius 3 is 2.67 bits per heavy atom. The largest absolute Gasteiger partial charge is 0.447 e. The Labute approximate surface area is 125 Å². The summed E-state index contributed by atoms with van der Waals surface area (Å²) >= 11 is 0. The van der Waals surface area contributed by atoms with Crippen molar-refractivity contribution < 1.29 is 9.21 Å². The second-order valence-corrected chi connectivity index (χ2v) is 5.46. The SMILES string of the molecule is CC(C)C(=O)NC(CCCc1ccccc1)c1ncco1. The van der Waals surface area contributed by atoms with Crippen LogP contribution in [0.3, 0.4) is 0 Å². The Morgan fingerprint density at radius 1 is 1.29 bits per heavy atom. The molecule has 1 unspecified atom stereocenters. The van der Waals surface area contributed by atoms with Gasteiger partial charge in [-0.3, -0.25) is 4.79 Å². The number of nitrogens with zero attached hydrogens (tertiary/aromatic N) is 1. The minimum atomic E-state index is -0.154. The Morgan fingerprint density at radius 2 is 2.05 bits per heavy atom. The molecule has 4 nitrogen and oxygen atoms in total. The van der Waals surface area contributed by atoms with E-state index in [-0.39, 0.29) is 17.9 Å². The van der Waals surface area contributed by atoms with Gasteiger partial charge in [0.1, 0.15) is 12.3 Å². The van der Waals surface area contributed by atoms with Crippen molar-refractivity contribution in [1.82, 2.24) is 10.3 Å². The Hall–Kier alpha value is -2.10. The second-order valence-electron chi connectivity index (χ2n) is 5.46. The molecule has 2 aromatic rings.